The second-order valence-electron chi connectivity index (χ2n) is 3.21. The van der Waals surface area contributed by atoms with Crippen molar-refractivity contribution in [3.63, 3.8) is 0 Å². The summed E-state index contributed by atoms with van der Waals surface area (Å²) in [5, 5.41) is 9.04. The van der Waals surface area contributed by atoms with E-state index in [0.717, 1.165) is 21.6 Å². The van der Waals surface area contributed by atoms with Crippen molar-refractivity contribution in [1.82, 2.24) is 0 Å². The van der Waals surface area contributed by atoms with Crippen molar-refractivity contribution in [2.45, 2.75) is 12.8 Å². The molecule has 3 nitrogen and oxygen atoms in total. The van der Waals surface area contributed by atoms with E-state index in [2.05, 4.69) is 0 Å². The van der Waals surface area contributed by atoms with Crippen LogP contribution in [0.4, 0.5) is 0 Å². The number of hydrogen-bond donors (Lipinski definition) is 1. The van der Waals surface area contributed by atoms with Crippen molar-refractivity contribution >= 4 is 21.6 Å². The van der Waals surface area contributed by atoms with Gasteiger partial charge in [0.25, 0.3) is 0 Å². The van der Waals surface area contributed by atoms with E-state index in [1.54, 1.807) is 0 Å². The highest BCUT2D eigenvalue weighted by atomic mass is 32.1. The smallest absolute Gasteiger partial charge is 0.396 e. The van der Waals surface area contributed by atoms with Gasteiger partial charge in [0.2, 0.25) is 0 Å². The summed E-state index contributed by atoms with van der Waals surface area (Å²) in [4.78, 5) is 10.7. The number of rotatable bonds is 2. The third kappa shape index (κ3) is 1.47. The van der Waals surface area contributed by atoms with Gasteiger partial charge in [-0.05, 0) is 6.07 Å². The van der Waals surface area contributed by atoms with Gasteiger partial charge in [-0.25, -0.2) is 4.79 Å². The van der Waals surface area contributed by atoms with Crippen LogP contribution in [0.2, 0.25) is 0 Å². The molecule has 0 aliphatic carbocycles. The highest BCUT2D eigenvalue weighted by molar-refractivity contribution is 7.16. The van der Waals surface area contributed by atoms with Gasteiger partial charge in [-0.2, -0.15) is 0 Å². The minimum Gasteiger partial charge on any atom is -0.414 e. The molecule has 14 heavy (non-hydrogen) atoms. The van der Waals surface area contributed by atoms with Gasteiger partial charge in [0.1, 0.15) is 0 Å². The van der Waals surface area contributed by atoms with Gasteiger partial charge < -0.3 is 9.52 Å². The molecule has 1 heterocycles. The molecule has 0 aliphatic rings. The molecule has 0 saturated heterocycles. The summed E-state index contributed by atoms with van der Waals surface area (Å²) in [7, 11) is 0. The molecule has 0 fully saturated rings. The SMILES string of the molecule is CC(CO)c1cccc2sc(=O)oc12. The molecule has 0 bridgehead atoms. The van der Waals surface area contributed by atoms with E-state index in [9.17, 15) is 4.79 Å². The average molecular weight is 210 g/mol. The molecule has 0 amide bonds. The van der Waals surface area contributed by atoms with Crippen molar-refractivity contribution in [3.05, 3.63) is 33.5 Å². The molecule has 1 aromatic carbocycles. The van der Waals surface area contributed by atoms with E-state index in [0.29, 0.717) is 5.58 Å². The highest BCUT2D eigenvalue weighted by Gasteiger charge is 2.12. The molecule has 0 saturated carbocycles. The number of aliphatic hydroxyl groups is 1. The van der Waals surface area contributed by atoms with E-state index in [1.165, 1.54) is 0 Å². The van der Waals surface area contributed by atoms with E-state index in [4.69, 9.17) is 9.52 Å². The molecular formula is C10H10O3S. The quantitative estimate of drug-likeness (QED) is 0.824. The van der Waals surface area contributed by atoms with E-state index in [1.807, 2.05) is 25.1 Å². The van der Waals surface area contributed by atoms with Crippen LogP contribution in [0, 0.1) is 0 Å². The van der Waals surface area contributed by atoms with Crippen molar-refractivity contribution in [2.75, 3.05) is 6.61 Å². The number of aliphatic hydroxyl groups excluding tert-OH is 1. The summed E-state index contributed by atoms with van der Waals surface area (Å²) in [6, 6.07) is 5.59. The second-order valence-corrected chi connectivity index (χ2v) is 4.19. The predicted molar refractivity (Wildman–Crippen MR) is 55.9 cm³/mol. The molecule has 1 atom stereocenters. The normalized spacial score (nSPS) is 13.3. The maximum atomic E-state index is 11.0. The molecule has 4 heteroatoms. The van der Waals surface area contributed by atoms with Gasteiger partial charge in [0.15, 0.2) is 5.58 Å². The Labute approximate surface area is 84.6 Å². The maximum Gasteiger partial charge on any atom is 0.396 e. The Morgan fingerprint density at radius 2 is 2.36 bits per heavy atom. The molecule has 0 spiro atoms. The topological polar surface area (TPSA) is 50.4 Å². The Morgan fingerprint density at radius 3 is 3.07 bits per heavy atom. The average Bonchev–Trinajstić information content (AvgIpc) is 2.56. The summed E-state index contributed by atoms with van der Waals surface area (Å²) >= 11 is 1.09. The molecule has 2 aromatic rings. The third-order valence-corrected chi connectivity index (χ3v) is 2.98. The van der Waals surface area contributed by atoms with Crippen molar-refractivity contribution in [3.8, 4) is 0 Å². The fourth-order valence-electron chi connectivity index (χ4n) is 1.40. The monoisotopic (exact) mass is 210 g/mol. The van der Waals surface area contributed by atoms with Crippen LogP contribution in [0.25, 0.3) is 10.3 Å². The van der Waals surface area contributed by atoms with Gasteiger partial charge >= 0.3 is 4.94 Å². The first-order valence-electron chi connectivity index (χ1n) is 4.36. The third-order valence-electron chi connectivity index (χ3n) is 2.19. The zero-order valence-corrected chi connectivity index (χ0v) is 8.50. The fourth-order valence-corrected chi connectivity index (χ4v) is 2.11. The first kappa shape index (κ1) is 9.43. The Balaban J connectivity index is 2.70. The van der Waals surface area contributed by atoms with Gasteiger partial charge in [-0.1, -0.05) is 30.4 Å². The van der Waals surface area contributed by atoms with Gasteiger partial charge in [0, 0.05) is 18.1 Å². The lowest BCUT2D eigenvalue weighted by molar-refractivity contribution is 0.273. The van der Waals surface area contributed by atoms with Crippen LogP contribution < -0.4 is 4.94 Å². The number of hydrogen-bond acceptors (Lipinski definition) is 4. The fraction of sp³-hybridized carbons (Fsp3) is 0.300. The summed E-state index contributed by atoms with van der Waals surface area (Å²) in [5.74, 6) is -0.00329. The van der Waals surface area contributed by atoms with Crippen LogP contribution in [0.1, 0.15) is 18.4 Å². The second kappa shape index (κ2) is 3.55. The van der Waals surface area contributed by atoms with Crippen LogP contribution >= 0.6 is 11.3 Å². The zero-order chi connectivity index (χ0) is 10.1. The van der Waals surface area contributed by atoms with Crippen LogP contribution in [0.3, 0.4) is 0 Å². The van der Waals surface area contributed by atoms with E-state index in [-0.39, 0.29) is 17.5 Å². The van der Waals surface area contributed by atoms with E-state index < -0.39 is 0 Å². The molecule has 1 N–H and O–H groups in total. The molecule has 1 unspecified atom stereocenters. The van der Waals surface area contributed by atoms with Crippen molar-refractivity contribution < 1.29 is 9.52 Å². The molecule has 0 radical (unpaired) electrons. The van der Waals surface area contributed by atoms with Gasteiger partial charge in [0.05, 0.1) is 4.70 Å². The lowest BCUT2D eigenvalue weighted by Gasteiger charge is -2.07. The first-order chi connectivity index (χ1) is 6.72. The molecule has 0 aliphatic heterocycles. The molecule has 1 aromatic heterocycles. The molecule has 74 valence electrons. The maximum absolute atomic E-state index is 11.0. The number of para-hydroxylation sites is 1. The van der Waals surface area contributed by atoms with Crippen LogP contribution in [-0.4, -0.2) is 11.7 Å². The summed E-state index contributed by atoms with van der Waals surface area (Å²) in [5.41, 5.74) is 1.51. The van der Waals surface area contributed by atoms with Crippen molar-refractivity contribution in [2.24, 2.45) is 0 Å². The Bertz CT molecular complexity index is 497. The summed E-state index contributed by atoms with van der Waals surface area (Å²) in [6.07, 6.45) is 0. The Morgan fingerprint density at radius 1 is 1.57 bits per heavy atom. The summed E-state index contributed by atoms with van der Waals surface area (Å²) in [6.45, 7) is 1.95. The standard InChI is InChI=1S/C10H10O3S/c1-6(5-11)7-3-2-4-8-9(7)13-10(12)14-8/h2-4,6,11H,5H2,1H3. The zero-order valence-electron chi connectivity index (χ0n) is 7.69. The predicted octanol–water partition coefficient (Wildman–Crippen LogP) is 1.95. The number of fused-ring (bicyclic) bond motifs is 1. The Hall–Kier alpha value is -1.13. The Kier molecular flexibility index (Phi) is 2.39. The van der Waals surface area contributed by atoms with Crippen LogP contribution in [-0.2, 0) is 0 Å². The van der Waals surface area contributed by atoms with Crippen LogP contribution in [0.15, 0.2) is 27.4 Å². The minimum absolute atomic E-state index is 0.00329. The molecular weight excluding hydrogens is 200 g/mol. The van der Waals surface area contributed by atoms with E-state index >= 15 is 0 Å². The molecule has 2 rings (SSSR count). The summed E-state index contributed by atoms with van der Waals surface area (Å²) < 4.78 is 5.91. The van der Waals surface area contributed by atoms with Crippen molar-refractivity contribution in [1.29, 1.82) is 0 Å². The number of benzene rings is 1. The van der Waals surface area contributed by atoms with Crippen LogP contribution in [0.5, 0.6) is 0 Å². The van der Waals surface area contributed by atoms with Gasteiger partial charge in [-0.15, -0.1) is 0 Å². The lowest BCUT2D eigenvalue weighted by atomic mass is 10.0. The minimum atomic E-state index is -0.294. The van der Waals surface area contributed by atoms with Gasteiger partial charge in [-0.3, -0.25) is 0 Å². The lowest BCUT2D eigenvalue weighted by Crippen LogP contribution is -1.98. The largest absolute Gasteiger partial charge is 0.414 e. The first-order valence-corrected chi connectivity index (χ1v) is 5.17. The highest BCUT2D eigenvalue weighted by Crippen LogP contribution is 2.26.